The van der Waals surface area contributed by atoms with Crippen LogP contribution in [0.3, 0.4) is 0 Å². The van der Waals surface area contributed by atoms with Crippen molar-refractivity contribution in [1.29, 1.82) is 0 Å². The monoisotopic (exact) mass is 510 g/mol. The number of aryl methyl sites for hydroxylation is 1. The molecule has 1 atom stereocenters. The fourth-order valence-corrected chi connectivity index (χ4v) is 4.41. The van der Waals surface area contributed by atoms with Gasteiger partial charge in [-0.15, -0.1) is 0 Å². The van der Waals surface area contributed by atoms with Gasteiger partial charge in [-0.3, -0.25) is 4.98 Å². The Kier molecular flexibility index (Phi) is 10.5. The van der Waals surface area contributed by atoms with Crippen LogP contribution >= 0.6 is 11.9 Å². The van der Waals surface area contributed by atoms with Crippen LogP contribution < -0.4 is 9.44 Å². The zero-order valence-corrected chi connectivity index (χ0v) is 21.7. The molecule has 1 unspecified atom stereocenters. The molecule has 0 fully saturated rings. The maximum absolute atomic E-state index is 12.8. The van der Waals surface area contributed by atoms with Gasteiger partial charge in [-0.05, 0) is 74.0 Å². The van der Waals surface area contributed by atoms with E-state index in [0.717, 1.165) is 45.7 Å². The maximum atomic E-state index is 12.8. The number of hydrogen-bond acceptors (Lipinski definition) is 7. The lowest BCUT2D eigenvalue weighted by Gasteiger charge is -2.11. The van der Waals surface area contributed by atoms with Crippen LogP contribution in [0.25, 0.3) is 22.2 Å². The Morgan fingerprint density at radius 1 is 1.06 bits per heavy atom. The van der Waals surface area contributed by atoms with Gasteiger partial charge < -0.3 is 19.3 Å². The summed E-state index contributed by atoms with van der Waals surface area (Å²) < 4.78 is 23.6. The Labute approximate surface area is 213 Å². The van der Waals surface area contributed by atoms with Gasteiger partial charge in [0.1, 0.15) is 11.0 Å². The van der Waals surface area contributed by atoms with Crippen molar-refractivity contribution in [1.82, 2.24) is 9.97 Å². The SMILES string of the molecule is CCOC.Cc1ccc(NS(=O)c2ccc(NSCCO)cc2)cc1-c1ccc2cnccc2n1. The van der Waals surface area contributed by atoms with Crippen LogP contribution in [0.4, 0.5) is 11.4 Å². The summed E-state index contributed by atoms with van der Waals surface area (Å²) in [6.07, 6.45) is 3.53. The molecule has 2 aromatic carbocycles. The summed E-state index contributed by atoms with van der Waals surface area (Å²) in [4.78, 5) is 9.57. The van der Waals surface area contributed by atoms with Crippen molar-refractivity contribution in [3.63, 3.8) is 0 Å². The molecule has 0 radical (unpaired) electrons. The first kappa shape index (κ1) is 26.6. The quantitative estimate of drug-likeness (QED) is 0.204. The molecule has 2 aromatic heterocycles. The fraction of sp³-hybridized carbons (Fsp3) is 0.231. The highest BCUT2D eigenvalue weighted by atomic mass is 32.2. The smallest absolute Gasteiger partial charge is 0.150 e. The predicted molar refractivity (Wildman–Crippen MR) is 147 cm³/mol. The number of fused-ring (bicyclic) bond motifs is 1. The molecule has 35 heavy (non-hydrogen) atoms. The van der Waals surface area contributed by atoms with Gasteiger partial charge in [-0.1, -0.05) is 18.0 Å². The number of pyridine rings is 2. The lowest BCUT2D eigenvalue weighted by molar-refractivity contribution is 0.215. The zero-order chi connectivity index (χ0) is 25.0. The molecule has 0 bridgehead atoms. The topological polar surface area (TPSA) is 96.4 Å². The first-order chi connectivity index (χ1) is 17.0. The minimum absolute atomic E-state index is 0.119. The number of hydrogen-bond donors (Lipinski definition) is 3. The van der Waals surface area contributed by atoms with E-state index in [1.807, 2.05) is 74.5 Å². The van der Waals surface area contributed by atoms with Crippen LogP contribution in [0.2, 0.25) is 0 Å². The summed E-state index contributed by atoms with van der Waals surface area (Å²) in [5.41, 5.74) is 5.49. The van der Waals surface area contributed by atoms with Crippen molar-refractivity contribution in [2.24, 2.45) is 0 Å². The number of ether oxygens (including phenoxy) is 1. The van der Waals surface area contributed by atoms with Gasteiger partial charge >= 0.3 is 0 Å². The Hall–Kier alpha value is -2.98. The molecule has 0 aliphatic carbocycles. The Bertz CT molecular complexity index is 1250. The molecule has 7 nitrogen and oxygen atoms in total. The molecule has 4 rings (SSSR count). The van der Waals surface area contributed by atoms with E-state index in [9.17, 15) is 4.21 Å². The Balaban J connectivity index is 0.000000795. The molecule has 184 valence electrons. The maximum Gasteiger partial charge on any atom is 0.150 e. The predicted octanol–water partition coefficient (Wildman–Crippen LogP) is 5.45. The van der Waals surface area contributed by atoms with Crippen molar-refractivity contribution >= 4 is 45.2 Å². The number of aromatic nitrogens is 2. The van der Waals surface area contributed by atoms with E-state index in [2.05, 4.69) is 19.2 Å². The summed E-state index contributed by atoms with van der Waals surface area (Å²) in [7, 11) is 0.284. The number of rotatable bonds is 9. The van der Waals surface area contributed by atoms with Crippen LogP contribution in [0, 0.1) is 6.92 Å². The molecule has 3 N–H and O–H groups in total. The number of aliphatic hydroxyl groups excluding tert-OH is 1. The Morgan fingerprint density at radius 3 is 2.51 bits per heavy atom. The molecule has 0 aliphatic heterocycles. The van der Waals surface area contributed by atoms with E-state index >= 15 is 0 Å². The third kappa shape index (κ3) is 7.76. The molecule has 0 amide bonds. The van der Waals surface area contributed by atoms with Gasteiger partial charge in [0.25, 0.3) is 0 Å². The average Bonchev–Trinajstić information content (AvgIpc) is 2.90. The third-order valence-corrected chi connectivity index (χ3v) is 6.84. The van der Waals surface area contributed by atoms with Gasteiger partial charge in [0.05, 0.1) is 22.7 Å². The molecule has 0 aliphatic rings. The summed E-state index contributed by atoms with van der Waals surface area (Å²) in [5.74, 6) is 0.605. The summed E-state index contributed by atoms with van der Waals surface area (Å²) >= 11 is 1.42. The lowest BCUT2D eigenvalue weighted by atomic mass is 10.0. The molecule has 9 heteroatoms. The molecule has 0 saturated heterocycles. The largest absolute Gasteiger partial charge is 0.395 e. The highest BCUT2D eigenvalue weighted by Crippen LogP contribution is 2.27. The second-order valence-corrected chi connectivity index (χ2v) is 9.56. The normalized spacial score (nSPS) is 11.4. The molecular formula is C26H30N4O3S2. The summed E-state index contributed by atoms with van der Waals surface area (Å²) in [6.45, 7) is 4.93. The van der Waals surface area contributed by atoms with Crippen molar-refractivity contribution in [3.8, 4) is 11.3 Å². The standard InChI is InChI=1S/C23H22N4O2S2.C3H8O/c1-16-2-4-19(14-21(16)23-9-3-17-15-24-11-10-22(17)25-23)27-31(29)20-7-5-18(6-8-20)26-30-13-12-28;1-3-4-2/h2-11,14-15,26-28H,12-13H2,1H3;3H2,1-2H3. The molecular weight excluding hydrogens is 480 g/mol. The molecule has 2 heterocycles. The fourth-order valence-electron chi connectivity index (χ4n) is 3.07. The first-order valence-corrected chi connectivity index (χ1v) is 13.3. The van der Waals surface area contributed by atoms with Gasteiger partial charge in [0, 0.05) is 54.2 Å². The van der Waals surface area contributed by atoms with Crippen LogP contribution in [-0.2, 0) is 15.7 Å². The number of aliphatic hydroxyl groups is 1. The molecule has 0 spiro atoms. The van der Waals surface area contributed by atoms with Crippen LogP contribution in [0.1, 0.15) is 12.5 Å². The highest BCUT2D eigenvalue weighted by molar-refractivity contribution is 8.00. The van der Waals surface area contributed by atoms with E-state index in [4.69, 9.17) is 10.1 Å². The number of nitrogens with one attached hydrogen (secondary N) is 2. The minimum atomic E-state index is -1.40. The second kappa shape index (κ2) is 13.8. The van der Waals surface area contributed by atoms with Crippen molar-refractivity contribution in [2.45, 2.75) is 18.7 Å². The molecule has 4 aromatic rings. The van der Waals surface area contributed by atoms with E-state index < -0.39 is 11.0 Å². The summed E-state index contributed by atoms with van der Waals surface area (Å²) in [6, 6.07) is 19.2. The van der Waals surface area contributed by atoms with E-state index in [-0.39, 0.29) is 6.61 Å². The lowest BCUT2D eigenvalue weighted by Crippen LogP contribution is -2.05. The van der Waals surface area contributed by atoms with E-state index in [0.29, 0.717) is 10.6 Å². The van der Waals surface area contributed by atoms with E-state index in [1.165, 1.54) is 11.9 Å². The number of nitrogens with zero attached hydrogens (tertiary/aromatic N) is 2. The van der Waals surface area contributed by atoms with Crippen LogP contribution in [0.15, 0.2) is 78.0 Å². The second-order valence-electron chi connectivity index (χ2n) is 7.44. The Morgan fingerprint density at radius 2 is 1.80 bits per heavy atom. The van der Waals surface area contributed by atoms with Gasteiger partial charge in [0.2, 0.25) is 0 Å². The minimum Gasteiger partial charge on any atom is -0.395 e. The van der Waals surface area contributed by atoms with Crippen molar-refractivity contribution in [3.05, 3.63) is 78.6 Å². The first-order valence-electron chi connectivity index (χ1n) is 11.1. The van der Waals surface area contributed by atoms with Crippen molar-refractivity contribution < 1.29 is 14.1 Å². The average molecular weight is 511 g/mol. The van der Waals surface area contributed by atoms with Crippen LogP contribution in [-0.4, -0.2) is 45.4 Å². The van der Waals surface area contributed by atoms with Crippen molar-refractivity contribution in [2.75, 3.05) is 35.5 Å². The molecule has 0 saturated carbocycles. The van der Waals surface area contributed by atoms with E-state index in [1.54, 1.807) is 19.5 Å². The third-order valence-electron chi connectivity index (χ3n) is 4.95. The summed E-state index contributed by atoms with van der Waals surface area (Å²) in [5, 5.41) is 9.83. The van der Waals surface area contributed by atoms with Gasteiger partial charge in [-0.25, -0.2) is 9.19 Å². The number of anilines is 2. The van der Waals surface area contributed by atoms with Gasteiger partial charge in [0.15, 0.2) is 0 Å². The van der Waals surface area contributed by atoms with Gasteiger partial charge in [-0.2, -0.15) is 0 Å². The zero-order valence-electron chi connectivity index (χ0n) is 20.0. The number of benzene rings is 2. The highest BCUT2D eigenvalue weighted by Gasteiger charge is 2.09. The van der Waals surface area contributed by atoms with Crippen LogP contribution in [0.5, 0.6) is 0 Å². The number of methoxy groups -OCH3 is 1.